The van der Waals surface area contributed by atoms with Crippen molar-refractivity contribution in [2.45, 2.75) is 18.5 Å². The summed E-state index contributed by atoms with van der Waals surface area (Å²) in [5.74, 6) is -1.71. The number of benzene rings is 2. The fourth-order valence-corrected chi connectivity index (χ4v) is 3.67. The van der Waals surface area contributed by atoms with Crippen LogP contribution >= 0.6 is 11.6 Å². The van der Waals surface area contributed by atoms with E-state index in [0.717, 1.165) is 17.7 Å². The molecule has 0 aliphatic heterocycles. The molecule has 0 bridgehead atoms. The molecule has 160 valence electrons. The molecule has 0 saturated heterocycles. The van der Waals surface area contributed by atoms with Gasteiger partial charge in [-0.25, -0.2) is 0 Å². The molecule has 0 spiro atoms. The van der Waals surface area contributed by atoms with Crippen molar-refractivity contribution in [2.75, 3.05) is 10.6 Å². The quantitative estimate of drug-likeness (QED) is 0.507. The summed E-state index contributed by atoms with van der Waals surface area (Å²) in [4.78, 5) is 24.6. The SMILES string of the molecule is O=C(Nc1ccc(NC(=O)C2CC2c2ccccc2Cl)c(C(F)(F)F)c1)c1ccoc1. The van der Waals surface area contributed by atoms with Crippen LogP contribution in [0.4, 0.5) is 24.5 Å². The van der Waals surface area contributed by atoms with Crippen molar-refractivity contribution in [3.63, 3.8) is 0 Å². The van der Waals surface area contributed by atoms with Crippen LogP contribution in [0.2, 0.25) is 5.02 Å². The molecule has 2 aromatic carbocycles. The third-order valence-electron chi connectivity index (χ3n) is 5.06. The van der Waals surface area contributed by atoms with E-state index < -0.39 is 29.5 Å². The molecule has 1 aliphatic carbocycles. The average molecular weight is 449 g/mol. The minimum Gasteiger partial charge on any atom is -0.472 e. The van der Waals surface area contributed by atoms with Gasteiger partial charge in [-0.2, -0.15) is 13.2 Å². The van der Waals surface area contributed by atoms with Crippen molar-refractivity contribution in [3.05, 3.63) is 82.8 Å². The minimum atomic E-state index is -4.73. The molecule has 31 heavy (non-hydrogen) atoms. The Kier molecular flexibility index (Phi) is 5.49. The van der Waals surface area contributed by atoms with Crippen molar-refractivity contribution in [3.8, 4) is 0 Å². The molecular weight excluding hydrogens is 433 g/mol. The van der Waals surface area contributed by atoms with E-state index in [1.165, 1.54) is 24.7 Å². The normalized spacial score (nSPS) is 17.8. The Morgan fingerprint density at radius 1 is 1.06 bits per heavy atom. The maximum Gasteiger partial charge on any atom is 0.418 e. The van der Waals surface area contributed by atoms with Gasteiger partial charge in [0.15, 0.2) is 0 Å². The molecule has 9 heteroatoms. The number of furan rings is 1. The third-order valence-corrected chi connectivity index (χ3v) is 5.40. The lowest BCUT2D eigenvalue weighted by molar-refractivity contribution is -0.136. The van der Waals surface area contributed by atoms with Gasteiger partial charge in [-0.05, 0) is 48.2 Å². The number of rotatable bonds is 5. The molecular formula is C22H16ClF3N2O3. The fraction of sp³-hybridized carbons (Fsp3) is 0.182. The maximum absolute atomic E-state index is 13.6. The number of nitrogens with one attached hydrogen (secondary N) is 2. The van der Waals surface area contributed by atoms with Crippen molar-refractivity contribution in [1.29, 1.82) is 0 Å². The number of carbonyl (C=O) groups is 2. The van der Waals surface area contributed by atoms with Gasteiger partial charge in [0, 0.05) is 16.6 Å². The van der Waals surface area contributed by atoms with Crippen LogP contribution in [0, 0.1) is 5.92 Å². The van der Waals surface area contributed by atoms with Gasteiger partial charge in [0.2, 0.25) is 5.91 Å². The highest BCUT2D eigenvalue weighted by atomic mass is 35.5. The van der Waals surface area contributed by atoms with Crippen LogP contribution in [0.5, 0.6) is 0 Å². The summed E-state index contributed by atoms with van der Waals surface area (Å²) in [6.45, 7) is 0. The highest BCUT2D eigenvalue weighted by molar-refractivity contribution is 6.31. The lowest BCUT2D eigenvalue weighted by atomic mass is 10.1. The molecule has 2 atom stereocenters. The molecule has 5 nitrogen and oxygen atoms in total. The van der Waals surface area contributed by atoms with Gasteiger partial charge in [-0.1, -0.05) is 29.8 Å². The van der Waals surface area contributed by atoms with Crippen LogP contribution in [0.25, 0.3) is 0 Å². The van der Waals surface area contributed by atoms with Gasteiger partial charge in [0.1, 0.15) is 6.26 Å². The van der Waals surface area contributed by atoms with Crippen LogP contribution in [0.15, 0.2) is 65.5 Å². The van der Waals surface area contributed by atoms with Gasteiger partial charge in [0.25, 0.3) is 5.91 Å². The number of hydrogen-bond donors (Lipinski definition) is 2. The van der Waals surface area contributed by atoms with Crippen molar-refractivity contribution < 1.29 is 27.2 Å². The lowest BCUT2D eigenvalue weighted by Crippen LogP contribution is -2.19. The molecule has 4 rings (SSSR count). The molecule has 1 fully saturated rings. The minimum absolute atomic E-state index is 0.0584. The molecule has 1 aliphatic rings. The summed E-state index contributed by atoms with van der Waals surface area (Å²) in [6.07, 6.45) is -1.76. The second-order valence-electron chi connectivity index (χ2n) is 7.18. The Labute approximate surface area is 180 Å². The predicted octanol–water partition coefficient (Wildman–Crippen LogP) is 5.95. The summed E-state index contributed by atoms with van der Waals surface area (Å²) in [6, 6.07) is 11.7. The Morgan fingerprint density at radius 2 is 1.84 bits per heavy atom. The maximum atomic E-state index is 13.6. The van der Waals surface area contributed by atoms with E-state index in [-0.39, 0.29) is 22.9 Å². The summed E-state index contributed by atoms with van der Waals surface area (Å²) < 4.78 is 45.6. The molecule has 1 heterocycles. The van der Waals surface area contributed by atoms with Crippen LogP contribution < -0.4 is 10.6 Å². The van der Waals surface area contributed by atoms with Gasteiger partial charge >= 0.3 is 6.18 Å². The first-order valence-corrected chi connectivity index (χ1v) is 9.72. The fourth-order valence-electron chi connectivity index (χ4n) is 3.39. The zero-order chi connectivity index (χ0) is 22.2. The van der Waals surface area contributed by atoms with Gasteiger partial charge < -0.3 is 15.1 Å². The Hall–Kier alpha value is -3.26. The Bertz CT molecular complexity index is 1130. The monoisotopic (exact) mass is 448 g/mol. The third kappa shape index (κ3) is 4.59. The molecule has 1 aromatic heterocycles. The zero-order valence-electron chi connectivity index (χ0n) is 15.9. The van der Waals surface area contributed by atoms with E-state index in [1.807, 2.05) is 0 Å². The van der Waals surface area contributed by atoms with Crippen LogP contribution in [0.1, 0.15) is 33.8 Å². The number of amides is 2. The van der Waals surface area contributed by atoms with E-state index in [1.54, 1.807) is 24.3 Å². The summed E-state index contributed by atoms with van der Waals surface area (Å²) in [7, 11) is 0. The van der Waals surface area contributed by atoms with Gasteiger partial charge in [0.05, 0.1) is 23.1 Å². The van der Waals surface area contributed by atoms with Crippen LogP contribution in [-0.4, -0.2) is 11.8 Å². The second-order valence-corrected chi connectivity index (χ2v) is 7.59. The predicted molar refractivity (Wildman–Crippen MR) is 109 cm³/mol. The number of halogens is 4. The van der Waals surface area contributed by atoms with Crippen molar-refractivity contribution >= 4 is 34.8 Å². The highest BCUT2D eigenvalue weighted by Gasteiger charge is 2.45. The standard InChI is InChI=1S/C22H16ClF3N2O3/c23-18-4-2-1-3-14(18)15-10-16(15)21(30)28-19-6-5-13(9-17(19)22(24,25)26)27-20(29)12-7-8-31-11-12/h1-9,11,15-16H,10H2,(H,27,29)(H,28,30). The summed E-state index contributed by atoms with van der Waals surface area (Å²) in [5, 5.41) is 5.28. The lowest BCUT2D eigenvalue weighted by Gasteiger charge is -2.16. The number of alkyl halides is 3. The van der Waals surface area contributed by atoms with E-state index >= 15 is 0 Å². The number of anilines is 2. The van der Waals surface area contributed by atoms with Crippen molar-refractivity contribution in [2.24, 2.45) is 5.92 Å². The van der Waals surface area contributed by atoms with Crippen LogP contribution in [0.3, 0.4) is 0 Å². The zero-order valence-corrected chi connectivity index (χ0v) is 16.6. The van der Waals surface area contributed by atoms with Gasteiger partial charge in [-0.15, -0.1) is 0 Å². The molecule has 1 saturated carbocycles. The molecule has 3 aromatic rings. The van der Waals surface area contributed by atoms with E-state index in [4.69, 9.17) is 16.0 Å². The van der Waals surface area contributed by atoms with E-state index in [9.17, 15) is 22.8 Å². The van der Waals surface area contributed by atoms with Crippen LogP contribution in [-0.2, 0) is 11.0 Å². The smallest absolute Gasteiger partial charge is 0.418 e. The summed E-state index contributed by atoms with van der Waals surface area (Å²) >= 11 is 6.15. The Morgan fingerprint density at radius 3 is 2.52 bits per heavy atom. The molecule has 0 radical (unpaired) electrons. The molecule has 2 amide bonds. The highest BCUT2D eigenvalue weighted by Crippen LogP contribution is 2.50. The van der Waals surface area contributed by atoms with E-state index in [2.05, 4.69) is 10.6 Å². The first-order valence-electron chi connectivity index (χ1n) is 9.34. The van der Waals surface area contributed by atoms with Gasteiger partial charge in [-0.3, -0.25) is 9.59 Å². The topological polar surface area (TPSA) is 71.3 Å². The summed E-state index contributed by atoms with van der Waals surface area (Å²) in [5.41, 5.74) is -0.510. The van der Waals surface area contributed by atoms with E-state index in [0.29, 0.717) is 11.4 Å². The second kappa shape index (κ2) is 8.11. The first-order chi connectivity index (χ1) is 14.7. The number of carbonyl (C=O) groups excluding carboxylic acids is 2. The largest absolute Gasteiger partial charge is 0.472 e. The first kappa shape index (κ1) is 21.0. The van der Waals surface area contributed by atoms with Crippen molar-refractivity contribution in [1.82, 2.24) is 0 Å². The molecule has 2 N–H and O–H groups in total. The average Bonchev–Trinajstić information content (AvgIpc) is 3.31. The number of hydrogen-bond acceptors (Lipinski definition) is 3. The molecule has 2 unspecified atom stereocenters. The Balaban J connectivity index is 1.51.